The molecule has 0 bridgehead atoms. The van der Waals surface area contributed by atoms with Crippen LogP contribution in [0.15, 0.2) is 48.5 Å². The minimum Gasteiger partial charge on any atom is -0.483 e. The smallest absolute Gasteiger partial charge is 0.290 e. The van der Waals surface area contributed by atoms with Crippen molar-refractivity contribution in [1.82, 2.24) is 5.32 Å². The first-order valence-corrected chi connectivity index (χ1v) is 7.95. The molecule has 0 amide bonds. The minimum absolute atomic E-state index is 0.202. The molecule has 0 aromatic heterocycles. The van der Waals surface area contributed by atoms with Crippen LogP contribution < -0.4 is 5.32 Å². The summed E-state index contributed by atoms with van der Waals surface area (Å²) in [7, 11) is 0. The summed E-state index contributed by atoms with van der Waals surface area (Å²) in [4.78, 5) is 8.36. The van der Waals surface area contributed by atoms with Crippen LogP contribution in [-0.2, 0) is 4.79 Å². The highest BCUT2D eigenvalue weighted by Gasteiger charge is 2.26. The molecule has 0 radical (unpaired) electrons. The molecule has 2 N–H and O–H groups in total. The zero-order chi connectivity index (χ0) is 17.4. The Bertz CT molecular complexity index is 577. The average molecular weight is 333 g/mol. The third kappa shape index (κ3) is 4.86. The lowest BCUT2D eigenvalue weighted by molar-refractivity contribution is -0.122. The Morgan fingerprint density at radius 1 is 0.917 bits per heavy atom. The van der Waals surface area contributed by atoms with E-state index in [1.54, 1.807) is 0 Å². The molecule has 1 aliphatic rings. The predicted octanol–water partition coefficient (Wildman–Crippen LogP) is 3.80. The lowest BCUT2D eigenvalue weighted by Crippen LogP contribution is -2.31. The quantitative estimate of drug-likeness (QED) is 0.840. The summed E-state index contributed by atoms with van der Waals surface area (Å²) in [5.41, 5.74) is 2.21. The van der Waals surface area contributed by atoms with Gasteiger partial charge in [0.05, 0.1) is 0 Å². The zero-order valence-corrected chi connectivity index (χ0v) is 13.3. The molecule has 1 saturated heterocycles. The van der Waals surface area contributed by atoms with E-state index in [1.165, 1.54) is 24.3 Å². The van der Waals surface area contributed by atoms with Gasteiger partial charge in [0.1, 0.15) is 11.6 Å². The van der Waals surface area contributed by atoms with Gasteiger partial charge in [0.25, 0.3) is 6.47 Å². The van der Waals surface area contributed by atoms with Crippen LogP contribution in [0.5, 0.6) is 0 Å². The molecule has 0 unspecified atom stereocenters. The molecule has 3 rings (SSSR count). The van der Waals surface area contributed by atoms with Gasteiger partial charge >= 0.3 is 0 Å². The predicted molar refractivity (Wildman–Crippen MR) is 88.9 cm³/mol. The van der Waals surface area contributed by atoms with Crippen LogP contribution in [0.1, 0.15) is 29.9 Å². The monoisotopic (exact) mass is 333 g/mol. The molecule has 0 spiro atoms. The number of hydrogen-bond acceptors (Lipinski definition) is 2. The first-order valence-electron chi connectivity index (χ1n) is 7.95. The molecule has 24 heavy (non-hydrogen) atoms. The fourth-order valence-corrected chi connectivity index (χ4v) is 3.25. The number of carbonyl (C=O) groups is 1. The molecule has 1 fully saturated rings. The van der Waals surface area contributed by atoms with Gasteiger partial charge in [-0.25, -0.2) is 8.78 Å². The summed E-state index contributed by atoms with van der Waals surface area (Å²) in [6.07, 6.45) is 2.17. The van der Waals surface area contributed by atoms with E-state index in [9.17, 15) is 8.78 Å². The van der Waals surface area contributed by atoms with E-state index in [0.29, 0.717) is 5.92 Å². The van der Waals surface area contributed by atoms with E-state index in [1.807, 2.05) is 24.3 Å². The third-order valence-corrected chi connectivity index (χ3v) is 4.31. The molecule has 0 saturated carbocycles. The van der Waals surface area contributed by atoms with Gasteiger partial charge in [0.2, 0.25) is 0 Å². The van der Waals surface area contributed by atoms with Crippen LogP contribution in [0, 0.1) is 17.6 Å². The van der Waals surface area contributed by atoms with Crippen molar-refractivity contribution in [3.8, 4) is 0 Å². The van der Waals surface area contributed by atoms with Gasteiger partial charge in [-0.2, -0.15) is 0 Å². The van der Waals surface area contributed by atoms with E-state index < -0.39 is 0 Å². The Kier molecular flexibility index (Phi) is 6.88. The summed E-state index contributed by atoms with van der Waals surface area (Å²) in [5.74, 6) is 0.263. The second kappa shape index (κ2) is 9.13. The fraction of sp³-hybridized carbons (Fsp3) is 0.316. The van der Waals surface area contributed by atoms with Gasteiger partial charge in [-0.3, -0.25) is 4.79 Å². The second-order valence-electron chi connectivity index (χ2n) is 5.77. The van der Waals surface area contributed by atoms with Crippen LogP contribution in [0.2, 0.25) is 0 Å². The van der Waals surface area contributed by atoms with Crippen LogP contribution in [0.4, 0.5) is 8.78 Å². The van der Waals surface area contributed by atoms with E-state index in [0.717, 1.165) is 37.1 Å². The van der Waals surface area contributed by atoms with Gasteiger partial charge in [-0.15, -0.1) is 0 Å². The Hall–Kier alpha value is -2.27. The highest BCUT2D eigenvalue weighted by Crippen LogP contribution is 2.36. The standard InChI is InChI=1S/C18H19F2N.CH2O2/c19-16-5-1-13(2-6-16)18(15-9-11-21-12-10-15)14-3-7-17(20)8-4-14;2-1-3/h1-8,15,18,21H,9-12H2;1H,(H,2,3). The molecule has 5 heteroatoms. The highest BCUT2D eigenvalue weighted by atomic mass is 19.1. The molecule has 2 aromatic rings. The topological polar surface area (TPSA) is 49.3 Å². The molecule has 128 valence electrons. The Morgan fingerprint density at radius 3 is 1.67 bits per heavy atom. The van der Waals surface area contributed by atoms with Gasteiger partial charge in [-0.1, -0.05) is 24.3 Å². The Labute approximate surface area is 140 Å². The molecule has 3 nitrogen and oxygen atoms in total. The fourth-order valence-electron chi connectivity index (χ4n) is 3.25. The average Bonchev–Trinajstić information content (AvgIpc) is 2.60. The number of benzene rings is 2. The van der Waals surface area contributed by atoms with Crippen molar-refractivity contribution in [2.45, 2.75) is 18.8 Å². The van der Waals surface area contributed by atoms with Crippen LogP contribution >= 0.6 is 0 Å². The van der Waals surface area contributed by atoms with Crippen molar-refractivity contribution < 1.29 is 18.7 Å². The van der Waals surface area contributed by atoms with Crippen LogP contribution in [-0.4, -0.2) is 24.7 Å². The summed E-state index contributed by atoms with van der Waals surface area (Å²) >= 11 is 0. The molecule has 1 aliphatic heterocycles. The molecule has 2 aromatic carbocycles. The maximum atomic E-state index is 13.2. The molecular formula is C19H21F2NO2. The Morgan fingerprint density at radius 2 is 1.29 bits per heavy atom. The van der Waals surface area contributed by atoms with Crippen molar-refractivity contribution in [3.63, 3.8) is 0 Å². The van der Waals surface area contributed by atoms with Gasteiger partial charge in [0.15, 0.2) is 0 Å². The van der Waals surface area contributed by atoms with E-state index >= 15 is 0 Å². The number of hydrogen-bond donors (Lipinski definition) is 2. The molecule has 0 aliphatic carbocycles. The number of halogens is 2. The largest absolute Gasteiger partial charge is 0.483 e. The van der Waals surface area contributed by atoms with Crippen molar-refractivity contribution >= 4 is 6.47 Å². The normalized spacial score (nSPS) is 14.8. The Balaban J connectivity index is 0.000000647. The summed E-state index contributed by atoms with van der Waals surface area (Å²) in [6.45, 7) is 1.76. The number of nitrogens with one attached hydrogen (secondary N) is 1. The lowest BCUT2D eigenvalue weighted by Gasteiger charge is -2.31. The summed E-state index contributed by atoms with van der Waals surface area (Å²) in [6, 6.07) is 13.4. The lowest BCUT2D eigenvalue weighted by atomic mass is 9.76. The highest BCUT2D eigenvalue weighted by molar-refractivity contribution is 5.34. The number of piperidine rings is 1. The summed E-state index contributed by atoms with van der Waals surface area (Å²) < 4.78 is 26.4. The molecule has 0 atom stereocenters. The first kappa shape index (κ1) is 18.1. The first-order chi connectivity index (χ1) is 11.7. The van der Waals surface area contributed by atoms with Crippen molar-refractivity contribution in [3.05, 3.63) is 71.3 Å². The third-order valence-electron chi connectivity index (χ3n) is 4.31. The minimum atomic E-state index is -0.250. The van der Waals surface area contributed by atoms with Gasteiger partial charge < -0.3 is 10.4 Å². The van der Waals surface area contributed by atoms with E-state index in [4.69, 9.17) is 9.90 Å². The molecule has 1 heterocycles. The zero-order valence-electron chi connectivity index (χ0n) is 13.3. The number of rotatable bonds is 3. The van der Waals surface area contributed by atoms with Gasteiger partial charge in [-0.05, 0) is 67.2 Å². The van der Waals surface area contributed by atoms with Crippen molar-refractivity contribution in [1.29, 1.82) is 0 Å². The maximum absolute atomic E-state index is 13.2. The van der Waals surface area contributed by atoms with Crippen LogP contribution in [0.3, 0.4) is 0 Å². The second-order valence-corrected chi connectivity index (χ2v) is 5.77. The van der Waals surface area contributed by atoms with Crippen molar-refractivity contribution in [2.75, 3.05) is 13.1 Å². The maximum Gasteiger partial charge on any atom is 0.290 e. The number of carboxylic acid groups (broad SMARTS) is 1. The van der Waals surface area contributed by atoms with E-state index in [-0.39, 0.29) is 24.0 Å². The van der Waals surface area contributed by atoms with E-state index in [2.05, 4.69) is 5.32 Å². The van der Waals surface area contributed by atoms with Crippen LogP contribution in [0.25, 0.3) is 0 Å². The van der Waals surface area contributed by atoms with Gasteiger partial charge in [0, 0.05) is 5.92 Å². The van der Waals surface area contributed by atoms with Crippen molar-refractivity contribution in [2.24, 2.45) is 5.92 Å². The molecular weight excluding hydrogens is 312 g/mol. The summed E-state index contributed by atoms with van der Waals surface area (Å²) in [5, 5.41) is 10.3. The SMILES string of the molecule is Fc1ccc(C(c2ccc(F)cc2)C2CCNCC2)cc1.O=CO.